The number of urea groups is 1. The molecule has 0 aliphatic heterocycles. The van der Waals surface area contributed by atoms with E-state index in [2.05, 4.69) is 41.8 Å². The third-order valence-electron chi connectivity index (χ3n) is 4.71. The molecule has 4 nitrogen and oxygen atoms in total. The van der Waals surface area contributed by atoms with Crippen molar-refractivity contribution >= 4 is 11.7 Å². The van der Waals surface area contributed by atoms with Crippen LogP contribution >= 0.6 is 0 Å². The zero-order valence-electron chi connectivity index (χ0n) is 14.5. The van der Waals surface area contributed by atoms with E-state index >= 15 is 0 Å². The van der Waals surface area contributed by atoms with Gasteiger partial charge < -0.3 is 15.4 Å². The summed E-state index contributed by atoms with van der Waals surface area (Å²) in [6.07, 6.45) is 2.23. The number of anilines is 1. The van der Waals surface area contributed by atoms with Crippen LogP contribution in [-0.4, -0.2) is 19.7 Å². The second-order valence-corrected chi connectivity index (χ2v) is 6.66. The molecule has 0 aromatic heterocycles. The van der Waals surface area contributed by atoms with Gasteiger partial charge in [0.15, 0.2) is 0 Å². The summed E-state index contributed by atoms with van der Waals surface area (Å²) < 4.78 is 5.30. The van der Waals surface area contributed by atoms with Gasteiger partial charge in [0.05, 0.1) is 12.8 Å². The quantitative estimate of drug-likeness (QED) is 0.867. The summed E-state index contributed by atoms with van der Waals surface area (Å²) in [6.45, 7) is 4.72. The molecule has 0 radical (unpaired) electrons. The van der Waals surface area contributed by atoms with Crippen molar-refractivity contribution in [1.29, 1.82) is 0 Å². The Labute approximate surface area is 143 Å². The summed E-state index contributed by atoms with van der Waals surface area (Å²) in [4.78, 5) is 12.3. The number of hydrogen-bond donors (Lipinski definition) is 2. The average Bonchev–Trinajstić information content (AvgIpc) is 3.35. The molecule has 2 aromatic rings. The molecule has 3 rings (SSSR count). The van der Waals surface area contributed by atoms with Gasteiger partial charge >= 0.3 is 6.03 Å². The molecule has 1 aliphatic carbocycles. The highest BCUT2D eigenvalue weighted by Crippen LogP contribution is 2.47. The van der Waals surface area contributed by atoms with Gasteiger partial charge in [-0.1, -0.05) is 35.9 Å². The summed E-state index contributed by atoms with van der Waals surface area (Å²) in [6, 6.07) is 14.1. The number of carbonyl (C=O) groups excluding carboxylic acids is 1. The number of nitrogens with one attached hydrogen (secondary N) is 2. The van der Waals surface area contributed by atoms with E-state index in [1.165, 1.54) is 11.1 Å². The van der Waals surface area contributed by atoms with Gasteiger partial charge in [0, 0.05) is 12.0 Å². The van der Waals surface area contributed by atoms with Gasteiger partial charge in [0.1, 0.15) is 5.75 Å². The summed E-state index contributed by atoms with van der Waals surface area (Å²) >= 11 is 0. The number of ether oxygens (including phenoxy) is 1. The van der Waals surface area contributed by atoms with E-state index in [1.54, 1.807) is 7.11 Å². The largest absolute Gasteiger partial charge is 0.495 e. The number of benzene rings is 2. The molecule has 126 valence electrons. The Kier molecular flexibility index (Phi) is 4.47. The maximum Gasteiger partial charge on any atom is 0.319 e. The smallest absolute Gasteiger partial charge is 0.319 e. The van der Waals surface area contributed by atoms with Crippen LogP contribution in [0.3, 0.4) is 0 Å². The first kappa shape index (κ1) is 16.4. The lowest BCUT2D eigenvalue weighted by molar-refractivity contribution is 0.251. The van der Waals surface area contributed by atoms with Gasteiger partial charge in [-0.2, -0.15) is 0 Å². The second-order valence-electron chi connectivity index (χ2n) is 6.66. The number of rotatable bonds is 5. The molecule has 0 unspecified atom stereocenters. The Morgan fingerprint density at radius 1 is 1.08 bits per heavy atom. The average molecular weight is 324 g/mol. The van der Waals surface area contributed by atoms with Gasteiger partial charge in [-0.05, 0) is 49.9 Å². The van der Waals surface area contributed by atoms with Crippen LogP contribution < -0.4 is 15.4 Å². The SMILES string of the molecule is COc1ccc(C)cc1NC(=O)NCC1(c2ccc(C)cc2)CC1. The van der Waals surface area contributed by atoms with Crippen LogP contribution in [0.1, 0.15) is 29.5 Å². The van der Waals surface area contributed by atoms with Gasteiger partial charge in [0.2, 0.25) is 0 Å². The van der Waals surface area contributed by atoms with Gasteiger partial charge in [-0.15, -0.1) is 0 Å². The third kappa shape index (κ3) is 3.53. The fourth-order valence-electron chi connectivity index (χ4n) is 2.96. The van der Waals surface area contributed by atoms with E-state index in [0.29, 0.717) is 18.0 Å². The normalized spacial score (nSPS) is 14.8. The topological polar surface area (TPSA) is 50.4 Å². The molecular weight excluding hydrogens is 300 g/mol. The summed E-state index contributed by atoms with van der Waals surface area (Å²) in [5, 5.41) is 5.90. The first-order valence-electron chi connectivity index (χ1n) is 8.29. The maximum atomic E-state index is 12.3. The second kappa shape index (κ2) is 6.56. The summed E-state index contributed by atoms with van der Waals surface area (Å²) in [5.41, 5.74) is 4.43. The Morgan fingerprint density at radius 2 is 1.75 bits per heavy atom. The van der Waals surface area contributed by atoms with E-state index in [0.717, 1.165) is 18.4 Å². The van der Waals surface area contributed by atoms with Crippen molar-refractivity contribution in [2.45, 2.75) is 32.1 Å². The molecule has 1 aliphatic rings. The van der Waals surface area contributed by atoms with E-state index in [1.807, 2.05) is 25.1 Å². The number of aryl methyl sites for hydroxylation is 2. The zero-order chi connectivity index (χ0) is 17.2. The van der Waals surface area contributed by atoms with Crippen LogP contribution in [0.4, 0.5) is 10.5 Å². The van der Waals surface area contributed by atoms with Crippen molar-refractivity contribution in [3.8, 4) is 5.75 Å². The van der Waals surface area contributed by atoms with Crippen LogP contribution in [0.25, 0.3) is 0 Å². The van der Waals surface area contributed by atoms with E-state index in [-0.39, 0.29) is 11.4 Å². The molecule has 0 atom stereocenters. The fraction of sp³-hybridized carbons (Fsp3) is 0.350. The summed E-state index contributed by atoms with van der Waals surface area (Å²) in [5.74, 6) is 0.662. The molecule has 0 saturated heterocycles. The van der Waals surface area contributed by atoms with Crippen LogP contribution in [0, 0.1) is 13.8 Å². The number of methoxy groups -OCH3 is 1. The molecule has 2 N–H and O–H groups in total. The Morgan fingerprint density at radius 3 is 2.38 bits per heavy atom. The van der Waals surface area contributed by atoms with Crippen LogP contribution in [-0.2, 0) is 5.41 Å². The van der Waals surface area contributed by atoms with Gasteiger partial charge in [-0.25, -0.2) is 4.79 Å². The van der Waals surface area contributed by atoms with Crippen molar-refractivity contribution in [3.05, 3.63) is 59.2 Å². The van der Waals surface area contributed by atoms with E-state index in [4.69, 9.17) is 4.74 Å². The molecule has 1 saturated carbocycles. The van der Waals surface area contributed by atoms with Crippen LogP contribution in [0.5, 0.6) is 5.75 Å². The Balaban J connectivity index is 1.62. The predicted molar refractivity (Wildman–Crippen MR) is 96.8 cm³/mol. The number of amides is 2. The lowest BCUT2D eigenvalue weighted by Crippen LogP contribution is -2.35. The lowest BCUT2D eigenvalue weighted by atomic mass is 9.95. The van der Waals surface area contributed by atoms with Crippen LogP contribution in [0.15, 0.2) is 42.5 Å². The molecule has 4 heteroatoms. The van der Waals surface area contributed by atoms with Gasteiger partial charge in [0.25, 0.3) is 0 Å². The highest BCUT2D eigenvalue weighted by molar-refractivity contribution is 5.91. The molecule has 0 heterocycles. The molecule has 2 amide bonds. The predicted octanol–water partition coefficient (Wildman–Crippen LogP) is 4.17. The van der Waals surface area contributed by atoms with Crippen LogP contribution in [0.2, 0.25) is 0 Å². The van der Waals surface area contributed by atoms with Crippen molar-refractivity contribution in [2.24, 2.45) is 0 Å². The molecule has 0 bridgehead atoms. The van der Waals surface area contributed by atoms with Crippen molar-refractivity contribution in [2.75, 3.05) is 19.0 Å². The number of hydrogen-bond acceptors (Lipinski definition) is 2. The lowest BCUT2D eigenvalue weighted by Gasteiger charge is -2.18. The van der Waals surface area contributed by atoms with Crippen molar-refractivity contribution in [1.82, 2.24) is 5.32 Å². The number of carbonyl (C=O) groups is 1. The molecule has 2 aromatic carbocycles. The van der Waals surface area contributed by atoms with Gasteiger partial charge in [-0.3, -0.25) is 0 Å². The standard InChI is InChI=1S/C20H24N2O2/c1-14-4-7-16(8-5-14)20(10-11-20)13-21-19(23)22-17-12-15(2)6-9-18(17)24-3/h4-9,12H,10-11,13H2,1-3H3,(H2,21,22,23). The monoisotopic (exact) mass is 324 g/mol. The summed E-state index contributed by atoms with van der Waals surface area (Å²) in [7, 11) is 1.60. The molecule has 1 fully saturated rings. The Bertz CT molecular complexity index is 734. The van der Waals surface area contributed by atoms with E-state index in [9.17, 15) is 4.79 Å². The highest BCUT2D eigenvalue weighted by Gasteiger charge is 2.44. The molecule has 0 spiro atoms. The van der Waals surface area contributed by atoms with Crippen molar-refractivity contribution < 1.29 is 9.53 Å². The first-order valence-corrected chi connectivity index (χ1v) is 8.29. The molecule has 24 heavy (non-hydrogen) atoms. The fourth-order valence-corrected chi connectivity index (χ4v) is 2.96. The maximum absolute atomic E-state index is 12.3. The van der Waals surface area contributed by atoms with E-state index < -0.39 is 0 Å². The third-order valence-corrected chi connectivity index (χ3v) is 4.71. The molecular formula is C20H24N2O2. The minimum absolute atomic E-state index is 0.0989. The minimum atomic E-state index is -0.197. The highest BCUT2D eigenvalue weighted by atomic mass is 16.5. The zero-order valence-corrected chi connectivity index (χ0v) is 14.5. The first-order chi connectivity index (χ1) is 11.5. The Hall–Kier alpha value is -2.49. The minimum Gasteiger partial charge on any atom is -0.495 e. The van der Waals surface area contributed by atoms with Crippen molar-refractivity contribution in [3.63, 3.8) is 0 Å².